The number of carbonyl (C=O) groups excluding carboxylic acids is 1. The molecule has 2 aliphatic heterocycles. The first-order chi connectivity index (χ1) is 12.2. The molecular formula is C22H26N2O. The van der Waals surface area contributed by atoms with E-state index >= 15 is 0 Å². The molecule has 2 atom stereocenters. The molecule has 25 heavy (non-hydrogen) atoms. The minimum atomic E-state index is -0.0147. The Balaban J connectivity index is 1.53. The van der Waals surface area contributed by atoms with Gasteiger partial charge >= 0.3 is 0 Å². The summed E-state index contributed by atoms with van der Waals surface area (Å²) in [6, 6.07) is 17.9. The Kier molecular flexibility index (Phi) is 4.58. The van der Waals surface area contributed by atoms with Crippen molar-refractivity contribution in [3.63, 3.8) is 0 Å². The van der Waals surface area contributed by atoms with E-state index in [2.05, 4.69) is 46.6 Å². The molecule has 1 aliphatic carbocycles. The summed E-state index contributed by atoms with van der Waals surface area (Å²) in [7, 11) is 0. The molecule has 1 amide bonds. The Hall–Kier alpha value is -2.13. The van der Waals surface area contributed by atoms with Crippen LogP contribution in [0.2, 0.25) is 0 Å². The van der Waals surface area contributed by atoms with E-state index < -0.39 is 0 Å². The number of piperidine rings is 1. The number of nitrogens with one attached hydrogen (secondary N) is 1. The fraction of sp³-hybridized carbons (Fsp3) is 0.409. The molecule has 3 heteroatoms. The zero-order valence-electron chi connectivity index (χ0n) is 14.9. The second-order valence-electron chi connectivity index (χ2n) is 7.59. The van der Waals surface area contributed by atoms with Gasteiger partial charge < -0.3 is 5.32 Å². The molecule has 1 fully saturated rings. The zero-order valence-corrected chi connectivity index (χ0v) is 14.9. The van der Waals surface area contributed by atoms with Gasteiger partial charge in [0.25, 0.3) is 0 Å². The smallest absolute Gasteiger partial charge is 0.221 e. The monoisotopic (exact) mass is 334 g/mol. The first kappa shape index (κ1) is 16.3. The van der Waals surface area contributed by atoms with Crippen molar-refractivity contribution in [3.8, 4) is 0 Å². The predicted molar refractivity (Wildman–Crippen MR) is 102 cm³/mol. The van der Waals surface area contributed by atoms with Crippen LogP contribution < -0.4 is 5.32 Å². The van der Waals surface area contributed by atoms with Crippen molar-refractivity contribution in [2.75, 3.05) is 11.9 Å². The van der Waals surface area contributed by atoms with Crippen LogP contribution in [0.15, 0.2) is 48.5 Å². The van der Waals surface area contributed by atoms with Crippen molar-refractivity contribution in [2.45, 2.75) is 45.2 Å². The first-order valence-corrected chi connectivity index (χ1v) is 9.35. The molecule has 0 saturated carbocycles. The fourth-order valence-electron chi connectivity index (χ4n) is 4.48. The topological polar surface area (TPSA) is 32.3 Å². The molecule has 130 valence electrons. The molecule has 2 aromatic carbocycles. The summed E-state index contributed by atoms with van der Waals surface area (Å²) in [5.74, 6) is 0.746. The van der Waals surface area contributed by atoms with E-state index in [1.165, 1.54) is 36.9 Å². The van der Waals surface area contributed by atoms with Crippen molar-refractivity contribution in [1.29, 1.82) is 0 Å². The van der Waals surface area contributed by atoms with Crippen molar-refractivity contribution in [2.24, 2.45) is 5.92 Å². The van der Waals surface area contributed by atoms with Gasteiger partial charge in [0.1, 0.15) is 0 Å². The summed E-state index contributed by atoms with van der Waals surface area (Å²) in [5, 5.41) is 2.89. The molecule has 1 saturated heterocycles. The average molecular weight is 334 g/mol. The van der Waals surface area contributed by atoms with Gasteiger partial charge in [-0.25, -0.2) is 0 Å². The van der Waals surface area contributed by atoms with Crippen LogP contribution in [0, 0.1) is 5.92 Å². The van der Waals surface area contributed by atoms with Gasteiger partial charge in [-0.2, -0.15) is 0 Å². The van der Waals surface area contributed by atoms with Crippen molar-refractivity contribution >= 4 is 11.6 Å². The lowest BCUT2D eigenvalue weighted by atomic mass is 9.80. The van der Waals surface area contributed by atoms with Crippen molar-refractivity contribution in [3.05, 3.63) is 65.2 Å². The summed E-state index contributed by atoms with van der Waals surface area (Å²) in [5.41, 5.74) is 5.27. The highest BCUT2D eigenvalue weighted by molar-refractivity contribution is 5.88. The molecular weight excluding hydrogens is 308 g/mol. The number of benzene rings is 2. The normalized spacial score (nSPS) is 22.8. The SMILES string of the molecule is CC(=O)Nc1cccc(CN2C[C@H]3CC[C@@H]2Cc2ccccc2C3)c1. The van der Waals surface area contributed by atoms with E-state index in [1.54, 1.807) is 12.5 Å². The summed E-state index contributed by atoms with van der Waals surface area (Å²) >= 11 is 0. The van der Waals surface area contributed by atoms with Crippen LogP contribution in [0.4, 0.5) is 5.69 Å². The number of carbonyl (C=O) groups is 1. The van der Waals surface area contributed by atoms with Crippen molar-refractivity contribution < 1.29 is 4.79 Å². The molecule has 0 unspecified atom stereocenters. The molecule has 5 rings (SSSR count). The highest BCUT2D eigenvalue weighted by Gasteiger charge is 2.31. The number of fused-ring (bicyclic) bond motifs is 2. The zero-order chi connectivity index (χ0) is 17.2. The van der Waals surface area contributed by atoms with E-state index in [0.717, 1.165) is 24.6 Å². The van der Waals surface area contributed by atoms with E-state index in [9.17, 15) is 4.79 Å². The highest BCUT2D eigenvalue weighted by Crippen LogP contribution is 2.33. The third kappa shape index (κ3) is 3.77. The predicted octanol–water partition coefficient (Wildman–Crippen LogP) is 4.02. The van der Waals surface area contributed by atoms with Gasteiger partial charge in [0.2, 0.25) is 5.91 Å². The number of anilines is 1. The molecule has 2 heterocycles. The summed E-state index contributed by atoms with van der Waals surface area (Å²) in [6.45, 7) is 3.71. The molecule has 2 aromatic rings. The van der Waals surface area contributed by atoms with Gasteiger partial charge in [-0.15, -0.1) is 0 Å². The molecule has 3 nitrogen and oxygen atoms in total. The Bertz CT molecular complexity index is 770. The lowest BCUT2D eigenvalue weighted by Gasteiger charge is -2.42. The lowest BCUT2D eigenvalue weighted by Crippen LogP contribution is -2.46. The maximum atomic E-state index is 11.3. The molecule has 0 aromatic heterocycles. The van der Waals surface area contributed by atoms with E-state index in [-0.39, 0.29) is 5.91 Å². The molecule has 0 radical (unpaired) electrons. The third-order valence-electron chi connectivity index (χ3n) is 5.63. The lowest BCUT2D eigenvalue weighted by molar-refractivity contribution is -0.114. The third-order valence-corrected chi connectivity index (χ3v) is 5.63. The summed E-state index contributed by atoms with van der Waals surface area (Å²) in [4.78, 5) is 14.0. The minimum Gasteiger partial charge on any atom is -0.326 e. The number of nitrogens with zero attached hydrogens (tertiary/aromatic N) is 1. The Morgan fingerprint density at radius 3 is 2.68 bits per heavy atom. The quantitative estimate of drug-likeness (QED) is 0.919. The highest BCUT2D eigenvalue weighted by atomic mass is 16.1. The van der Waals surface area contributed by atoms with Gasteiger partial charge in [-0.1, -0.05) is 36.4 Å². The second kappa shape index (κ2) is 7.01. The van der Waals surface area contributed by atoms with Crippen LogP contribution >= 0.6 is 0 Å². The Morgan fingerprint density at radius 2 is 1.88 bits per heavy atom. The summed E-state index contributed by atoms with van der Waals surface area (Å²) < 4.78 is 0. The van der Waals surface area contributed by atoms with E-state index in [1.807, 2.05) is 12.1 Å². The van der Waals surface area contributed by atoms with Gasteiger partial charge in [0.15, 0.2) is 0 Å². The van der Waals surface area contributed by atoms with Gasteiger partial charge in [-0.3, -0.25) is 9.69 Å². The molecule has 1 N–H and O–H groups in total. The van der Waals surface area contributed by atoms with E-state index in [0.29, 0.717) is 6.04 Å². The van der Waals surface area contributed by atoms with Gasteiger partial charge in [-0.05, 0) is 60.4 Å². The number of amides is 1. The largest absolute Gasteiger partial charge is 0.326 e. The van der Waals surface area contributed by atoms with Gasteiger partial charge in [0.05, 0.1) is 0 Å². The molecule has 2 bridgehead atoms. The maximum Gasteiger partial charge on any atom is 0.221 e. The number of rotatable bonds is 3. The summed E-state index contributed by atoms with van der Waals surface area (Å²) in [6.07, 6.45) is 5.02. The molecule has 3 aliphatic rings. The Morgan fingerprint density at radius 1 is 1.08 bits per heavy atom. The van der Waals surface area contributed by atoms with Crippen LogP contribution in [0.1, 0.15) is 36.5 Å². The fourth-order valence-corrected chi connectivity index (χ4v) is 4.48. The number of hydrogen-bond donors (Lipinski definition) is 1. The minimum absolute atomic E-state index is 0.0147. The average Bonchev–Trinajstić information content (AvgIpc) is 2.55. The van der Waals surface area contributed by atoms with Crippen LogP contribution in [0.3, 0.4) is 0 Å². The number of hydrogen-bond acceptors (Lipinski definition) is 2. The molecule has 0 spiro atoms. The van der Waals surface area contributed by atoms with Crippen LogP contribution in [0.5, 0.6) is 0 Å². The van der Waals surface area contributed by atoms with E-state index in [4.69, 9.17) is 0 Å². The standard InChI is InChI=1S/C22H26N2O/c1-16(25)23-21-8-4-5-17(12-21)14-24-15-18-9-10-22(24)13-20-7-3-2-6-19(20)11-18/h2-8,12,18,22H,9-11,13-15H2,1H3,(H,23,25)/t18-,22+/m0/s1. The maximum absolute atomic E-state index is 11.3. The van der Waals surface area contributed by atoms with Crippen molar-refractivity contribution in [1.82, 2.24) is 4.90 Å². The Labute approximate surface area is 150 Å². The van der Waals surface area contributed by atoms with Crippen LogP contribution in [-0.2, 0) is 24.2 Å². The first-order valence-electron chi connectivity index (χ1n) is 9.35. The van der Waals surface area contributed by atoms with Crippen LogP contribution in [0.25, 0.3) is 0 Å². The van der Waals surface area contributed by atoms with Crippen LogP contribution in [-0.4, -0.2) is 23.4 Å². The second-order valence-corrected chi connectivity index (χ2v) is 7.59. The van der Waals surface area contributed by atoms with Gasteiger partial charge in [0, 0.05) is 31.7 Å².